The van der Waals surface area contributed by atoms with E-state index in [1.165, 1.54) is 0 Å². The molecular formula is C10H12N2O5. The van der Waals surface area contributed by atoms with Crippen LogP contribution in [0.1, 0.15) is 6.42 Å². The van der Waals surface area contributed by atoms with E-state index in [1.807, 2.05) is 0 Å². The summed E-state index contributed by atoms with van der Waals surface area (Å²) in [6, 6.07) is 7.57. The maximum Gasteiger partial charge on any atom is 0.252 e. The lowest BCUT2D eigenvalue weighted by Gasteiger charge is -2.09. The van der Waals surface area contributed by atoms with Gasteiger partial charge in [0.25, 0.3) is 6.04 Å². The normalized spacial score (nSPS) is 11.8. The summed E-state index contributed by atoms with van der Waals surface area (Å²) in [7, 11) is 0. The molecule has 0 aliphatic rings. The van der Waals surface area contributed by atoms with Crippen molar-refractivity contribution in [1.29, 1.82) is 0 Å². The summed E-state index contributed by atoms with van der Waals surface area (Å²) in [5.41, 5.74) is 0. The van der Waals surface area contributed by atoms with Gasteiger partial charge in [-0.05, 0) is 12.1 Å². The van der Waals surface area contributed by atoms with Crippen LogP contribution >= 0.6 is 0 Å². The Morgan fingerprint density at radius 1 is 1.18 bits per heavy atom. The van der Waals surface area contributed by atoms with E-state index in [9.17, 15) is 20.2 Å². The molecule has 1 atom stereocenters. The van der Waals surface area contributed by atoms with Crippen LogP contribution in [-0.2, 0) is 0 Å². The van der Waals surface area contributed by atoms with Gasteiger partial charge in [0.1, 0.15) is 5.75 Å². The lowest BCUT2D eigenvalue weighted by Crippen LogP contribution is -2.29. The molecule has 92 valence electrons. The highest BCUT2D eigenvalue weighted by molar-refractivity contribution is 5.20. The first-order valence-electron chi connectivity index (χ1n) is 5.02. The monoisotopic (exact) mass is 240 g/mol. The van der Waals surface area contributed by atoms with Gasteiger partial charge in [0.2, 0.25) is 6.54 Å². The summed E-state index contributed by atoms with van der Waals surface area (Å²) in [6.45, 7) is -0.589. The average molecular weight is 240 g/mol. The van der Waals surface area contributed by atoms with Crippen molar-refractivity contribution in [3.63, 3.8) is 0 Å². The van der Waals surface area contributed by atoms with Gasteiger partial charge in [-0.15, -0.1) is 0 Å². The Morgan fingerprint density at radius 2 is 1.82 bits per heavy atom. The Morgan fingerprint density at radius 3 is 2.35 bits per heavy atom. The molecule has 0 aromatic heterocycles. The molecule has 0 aliphatic heterocycles. The van der Waals surface area contributed by atoms with Crippen LogP contribution in [0.3, 0.4) is 0 Å². The van der Waals surface area contributed by atoms with E-state index in [4.69, 9.17) is 4.74 Å². The van der Waals surface area contributed by atoms with E-state index in [0.717, 1.165) is 0 Å². The third kappa shape index (κ3) is 4.92. The minimum absolute atomic E-state index is 0.132. The van der Waals surface area contributed by atoms with Gasteiger partial charge in [-0.1, -0.05) is 18.2 Å². The maximum absolute atomic E-state index is 10.6. The summed E-state index contributed by atoms with van der Waals surface area (Å²) in [5, 5.41) is 20.8. The molecule has 7 nitrogen and oxygen atoms in total. The van der Waals surface area contributed by atoms with Gasteiger partial charge in [-0.3, -0.25) is 20.2 Å². The fourth-order valence-corrected chi connectivity index (χ4v) is 1.21. The molecule has 1 unspecified atom stereocenters. The summed E-state index contributed by atoms with van der Waals surface area (Å²) >= 11 is 0. The minimum Gasteiger partial charge on any atom is -0.486 e. The van der Waals surface area contributed by atoms with Crippen molar-refractivity contribution in [3.8, 4) is 5.75 Å². The van der Waals surface area contributed by atoms with Gasteiger partial charge in [-0.25, -0.2) is 0 Å². The molecule has 1 aromatic rings. The van der Waals surface area contributed by atoms with Crippen LogP contribution in [0.25, 0.3) is 0 Å². The van der Waals surface area contributed by atoms with Gasteiger partial charge < -0.3 is 4.74 Å². The largest absolute Gasteiger partial charge is 0.486 e. The number of hydrogen-bond acceptors (Lipinski definition) is 5. The highest BCUT2D eigenvalue weighted by Gasteiger charge is 2.23. The fraction of sp³-hybridized carbons (Fsp3) is 0.400. The van der Waals surface area contributed by atoms with Gasteiger partial charge in [0, 0.05) is 9.85 Å². The van der Waals surface area contributed by atoms with Gasteiger partial charge >= 0.3 is 0 Å². The van der Waals surface area contributed by atoms with Crippen LogP contribution in [0.15, 0.2) is 30.3 Å². The van der Waals surface area contributed by atoms with Gasteiger partial charge in [-0.2, -0.15) is 0 Å². The van der Waals surface area contributed by atoms with Crippen molar-refractivity contribution in [1.82, 2.24) is 0 Å². The Kier molecular flexibility index (Phi) is 4.86. The van der Waals surface area contributed by atoms with E-state index >= 15 is 0 Å². The van der Waals surface area contributed by atoms with Crippen LogP contribution in [0.4, 0.5) is 0 Å². The van der Waals surface area contributed by atoms with Crippen LogP contribution in [0, 0.1) is 20.2 Å². The molecule has 0 amide bonds. The number of para-hydroxylation sites is 1. The quantitative estimate of drug-likeness (QED) is 0.529. The number of nitrogens with zero attached hydrogens (tertiary/aromatic N) is 2. The zero-order chi connectivity index (χ0) is 12.7. The molecule has 1 aromatic carbocycles. The number of ether oxygens (including phenoxy) is 1. The van der Waals surface area contributed by atoms with Crippen molar-refractivity contribution in [3.05, 3.63) is 50.6 Å². The summed E-state index contributed by atoms with van der Waals surface area (Å²) in [4.78, 5) is 19.7. The van der Waals surface area contributed by atoms with Crippen LogP contribution < -0.4 is 4.74 Å². The predicted octanol–water partition coefficient (Wildman–Crippen LogP) is 1.38. The second kappa shape index (κ2) is 6.41. The maximum atomic E-state index is 10.6. The molecule has 0 spiro atoms. The molecule has 0 heterocycles. The molecule has 17 heavy (non-hydrogen) atoms. The van der Waals surface area contributed by atoms with E-state index in [1.54, 1.807) is 30.3 Å². The van der Waals surface area contributed by atoms with E-state index in [2.05, 4.69) is 0 Å². The topological polar surface area (TPSA) is 95.5 Å². The molecule has 0 bridgehead atoms. The lowest BCUT2D eigenvalue weighted by atomic mass is 10.2. The highest BCUT2D eigenvalue weighted by atomic mass is 16.6. The average Bonchev–Trinajstić information content (AvgIpc) is 2.29. The number of nitro groups is 2. The van der Waals surface area contributed by atoms with Crippen molar-refractivity contribution in [2.45, 2.75) is 12.5 Å². The van der Waals surface area contributed by atoms with Crippen molar-refractivity contribution < 1.29 is 14.6 Å². The first-order valence-corrected chi connectivity index (χ1v) is 5.02. The zero-order valence-corrected chi connectivity index (χ0v) is 9.02. The third-order valence-electron chi connectivity index (χ3n) is 2.13. The van der Waals surface area contributed by atoms with Crippen molar-refractivity contribution in [2.75, 3.05) is 13.2 Å². The molecule has 0 saturated carbocycles. The molecule has 0 fully saturated rings. The second-order valence-electron chi connectivity index (χ2n) is 3.41. The Hall–Kier alpha value is -2.18. The zero-order valence-electron chi connectivity index (χ0n) is 9.02. The van der Waals surface area contributed by atoms with Crippen LogP contribution in [0.5, 0.6) is 5.75 Å². The summed E-state index contributed by atoms with van der Waals surface area (Å²) in [5.74, 6) is 0.514. The minimum atomic E-state index is -1.05. The molecule has 1 rings (SSSR count). The molecule has 0 saturated heterocycles. The van der Waals surface area contributed by atoms with Crippen LogP contribution in [0.2, 0.25) is 0 Å². The van der Waals surface area contributed by atoms with E-state index in [0.29, 0.717) is 5.75 Å². The number of benzene rings is 1. The van der Waals surface area contributed by atoms with E-state index in [-0.39, 0.29) is 13.0 Å². The van der Waals surface area contributed by atoms with Gasteiger partial charge in [0.15, 0.2) is 6.61 Å². The predicted molar refractivity (Wildman–Crippen MR) is 59.2 cm³/mol. The molecule has 7 heteroatoms. The Labute approximate surface area is 97.3 Å². The lowest BCUT2D eigenvalue weighted by molar-refractivity contribution is -0.543. The summed E-state index contributed by atoms with van der Waals surface area (Å²) in [6.07, 6.45) is -0.132. The van der Waals surface area contributed by atoms with E-state index < -0.39 is 22.4 Å². The third-order valence-corrected chi connectivity index (χ3v) is 2.13. The first kappa shape index (κ1) is 12.9. The Balaban J connectivity index is 2.45. The second-order valence-corrected chi connectivity index (χ2v) is 3.41. The molecule has 0 radical (unpaired) electrons. The highest BCUT2D eigenvalue weighted by Crippen LogP contribution is 2.10. The first-order chi connectivity index (χ1) is 8.09. The molecule has 0 N–H and O–H groups in total. The van der Waals surface area contributed by atoms with Crippen molar-refractivity contribution >= 4 is 0 Å². The molecular weight excluding hydrogens is 228 g/mol. The standard InChI is InChI=1S/C10H12N2O5/c13-11(14)7-6-9(12(15)16)8-17-10-4-2-1-3-5-10/h1-5,9H,6-8H2. The fourth-order valence-electron chi connectivity index (χ4n) is 1.21. The Bertz CT molecular complexity index is 382. The number of rotatable bonds is 7. The SMILES string of the molecule is O=[N+]([O-])CCC(COc1ccccc1)[N+](=O)[O-]. The molecule has 0 aliphatic carbocycles. The van der Waals surface area contributed by atoms with Crippen LogP contribution in [-0.4, -0.2) is 29.0 Å². The smallest absolute Gasteiger partial charge is 0.252 e. The van der Waals surface area contributed by atoms with Crippen molar-refractivity contribution in [2.24, 2.45) is 0 Å². The summed E-state index contributed by atoms with van der Waals surface area (Å²) < 4.78 is 5.20. The number of hydrogen-bond donors (Lipinski definition) is 0. The van der Waals surface area contributed by atoms with Gasteiger partial charge in [0.05, 0.1) is 6.42 Å².